The van der Waals surface area contributed by atoms with Gasteiger partial charge in [-0.05, 0) is 38.1 Å². The number of amides is 1. The van der Waals surface area contributed by atoms with Crippen LogP contribution in [0.25, 0.3) is 10.9 Å². The van der Waals surface area contributed by atoms with Gasteiger partial charge in [0, 0.05) is 47.7 Å². The monoisotopic (exact) mass is 407 g/mol. The topological polar surface area (TPSA) is 46.5 Å². The van der Waals surface area contributed by atoms with Crippen LogP contribution < -0.4 is 5.32 Å². The molecule has 4 heterocycles. The van der Waals surface area contributed by atoms with Crippen molar-refractivity contribution in [3.63, 3.8) is 0 Å². The van der Waals surface area contributed by atoms with Crippen LogP contribution >= 0.6 is 0 Å². The van der Waals surface area contributed by atoms with E-state index in [1.54, 1.807) is 10.6 Å². The summed E-state index contributed by atoms with van der Waals surface area (Å²) in [4.78, 5) is 15.5. The summed E-state index contributed by atoms with van der Waals surface area (Å²) < 4.78 is 49.6. The Bertz CT molecular complexity index is 960. The number of likely N-dealkylation sites (N-methyl/N-ethyl adjacent to an activating group) is 1. The standard InChI is InChI=1S/C21H24F3N3O2/c1-26-14-7-13(8-15(26)11-29-10-14)25-20(28)19-16-6-12(22)2-3-17(16)27-5-4-21(23,24)9-18(19)27/h2-3,6,13-15H,4-5,7-11H2,1H3,(H,25,28). The molecule has 5 rings (SSSR count). The van der Waals surface area contributed by atoms with E-state index in [1.807, 2.05) is 0 Å². The number of rotatable bonds is 2. The number of benzene rings is 1. The predicted octanol–water partition coefficient (Wildman–Crippen LogP) is 2.95. The zero-order chi connectivity index (χ0) is 20.3. The number of carbonyl (C=O) groups is 1. The molecule has 0 radical (unpaired) electrons. The number of aromatic nitrogens is 1. The van der Waals surface area contributed by atoms with Gasteiger partial charge in [-0.3, -0.25) is 9.69 Å². The number of morpholine rings is 1. The molecule has 1 amide bonds. The molecule has 2 unspecified atom stereocenters. The molecule has 29 heavy (non-hydrogen) atoms. The molecular weight excluding hydrogens is 383 g/mol. The Morgan fingerprint density at radius 1 is 1.24 bits per heavy atom. The van der Waals surface area contributed by atoms with Gasteiger partial charge in [-0.25, -0.2) is 13.2 Å². The van der Waals surface area contributed by atoms with Crippen molar-refractivity contribution in [3.05, 3.63) is 35.3 Å². The Labute approximate surface area is 166 Å². The zero-order valence-electron chi connectivity index (χ0n) is 16.3. The molecule has 0 saturated carbocycles. The summed E-state index contributed by atoms with van der Waals surface area (Å²) in [6.45, 7) is 1.37. The highest BCUT2D eigenvalue weighted by molar-refractivity contribution is 6.08. The quantitative estimate of drug-likeness (QED) is 0.833. The van der Waals surface area contributed by atoms with Gasteiger partial charge in [-0.15, -0.1) is 0 Å². The Balaban J connectivity index is 1.49. The second-order valence-corrected chi connectivity index (χ2v) is 8.57. The first-order chi connectivity index (χ1) is 13.8. The number of piperidine rings is 1. The molecule has 2 saturated heterocycles. The molecule has 3 aliphatic heterocycles. The fourth-order valence-electron chi connectivity index (χ4n) is 5.15. The lowest BCUT2D eigenvalue weighted by atomic mass is 9.90. The minimum absolute atomic E-state index is 0.0548. The van der Waals surface area contributed by atoms with Crippen LogP contribution in [0.3, 0.4) is 0 Å². The molecule has 5 nitrogen and oxygen atoms in total. The molecule has 1 N–H and O–H groups in total. The number of hydrogen-bond acceptors (Lipinski definition) is 3. The maximum atomic E-state index is 14.2. The lowest BCUT2D eigenvalue weighted by Crippen LogP contribution is -2.59. The Hall–Kier alpha value is -2.06. The fraction of sp³-hybridized carbons (Fsp3) is 0.571. The van der Waals surface area contributed by atoms with Crippen LogP contribution in [0.2, 0.25) is 0 Å². The summed E-state index contributed by atoms with van der Waals surface area (Å²) in [6, 6.07) is 4.57. The van der Waals surface area contributed by atoms with Crippen LogP contribution in [-0.4, -0.2) is 59.7 Å². The number of halogens is 3. The first-order valence-electron chi connectivity index (χ1n) is 10.1. The van der Waals surface area contributed by atoms with E-state index in [0.29, 0.717) is 29.8 Å². The highest BCUT2D eigenvalue weighted by atomic mass is 19.3. The van der Waals surface area contributed by atoms with Crippen LogP contribution in [0.1, 0.15) is 35.3 Å². The van der Waals surface area contributed by atoms with Crippen molar-refractivity contribution in [2.24, 2.45) is 0 Å². The van der Waals surface area contributed by atoms with Crippen molar-refractivity contribution >= 4 is 16.8 Å². The summed E-state index contributed by atoms with van der Waals surface area (Å²) in [5, 5.41) is 3.47. The minimum Gasteiger partial charge on any atom is -0.378 e. The third-order valence-electron chi connectivity index (χ3n) is 6.71. The van der Waals surface area contributed by atoms with Crippen LogP contribution in [0, 0.1) is 5.82 Å². The van der Waals surface area contributed by atoms with Crippen molar-refractivity contribution in [3.8, 4) is 0 Å². The summed E-state index contributed by atoms with van der Waals surface area (Å²) in [6.07, 6.45) is 0.716. The zero-order valence-corrected chi connectivity index (χ0v) is 16.3. The molecule has 1 aromatic heterocycles. The normalized spacial score (nSPS) is 28.9. The second-order valence-electron chi connectivity index (χ2n) is 8.57. The van der Waals surface area contributed by atoms with Crippen LogP contribution in [0.15, 0.2) is 18.2 Å². The predicted molar refractivity (Wildman–Crippen MR) is 102 cm³/mol. The number of aryl methyl sites for hydroxylation is 1. The van der Waals surface area contributed by atoms with E-state index in [4.69, 9.17) is 4.74 Å². The number of nitrogens with zero attached hydrogens (tertiary/aromatic N) is 2. The van der Waals surface area contributed by atoms with E-state index in [2.05, 4.69) is 17.3 Å². The fourth-order valence-corrected chi connectivity index (χ4v) is 5.15. The molecule has 1 aromatic carbocycles. The summed E-state index contributed by atoms with van der Waals surface area (Å²) in [5.74, 6) is -3.73. The molecule has 156 valence electrons. The van der Waals surface area contributed by atoms with Crippen molar-refractivity contribution < 1.29 is 22.7 Å². The molecule has 0 aliphatic carbocycles. The Morgan fingerprint density at radius 2 is 1.97 bits per heavy atom. The van der Waals surface area contributed by atoms with Gasteiger partial charge in [0.05, 0.1) is 25.2 Å². The number of nitrogens with one attached hydrogen (secondary N) is 1. The first kappa shape index (κ1) is 18.9. The molecule has 3 aliphatic rings. The molecule has 2 atom stereocenters. The Morgan fingerprint density at radius 3 is 2.69 bits per heavy atom. The highest BCUT2D eigenvalue weighted by Crippen LogP contribution is 2.37. The molecule has 0 spiro atoms. The molecule has 2 fully saturated rings. The number of ether oxygens (including phenoxy) is 1. The average molecular weight is 407 g/mol. The van der Waals surface area contributed by atoms with Crippen molar-refractivity contribution in [1.29, 1.82) is 0 Å². The minimum atomic E-state index is -2.86. The maximum absolute atomic E-state index is 14.2. The Kier molecular flexibility index (Phi) is 4.40. The SMILES string of the molecule is CN1C2COCC1CC(NC(=O)c1c3n(c4ccc(F)cc14)CCC(F)(F)C3)C2. The summed E-state index contributed by atoms with van der Waals surface area (Å²) >= 11 is 0. The van der Waals surface area contributed by atoms with E-state index < -0.39 is 18.2 Å². The molecule has 2 aromatic rings. The smallest absolute Gasteiger partial charge is 0.255 e. The lowest BCUT2D eigenvalue weighted by Gasteiger charge is -2.46. The third kappa shape index (κ3) is 3.22. The first-order valence-corrected chi connectivity index (χ1v) is 10.1. The van der Waals surface area contributed by atoms with Crippen LogP contribution in [-0.2, 0) is 17.7 Å². The second kappa shape index (κ2) is 6.74. The molecular formula is C21H24F3N3O2. The average Bonchev–Trinajstić information content (AvgIpc) is 2.93. The van der Waals surface area contributed by atoms with Crippen molar-refractivity contribution in [2.45, 2.75) is 56.3 Å². The van der Waals surface area contributed by atoms with Gasteiger partial charge in [-0.1, -0.05) is 0 Å². The van der Waals surface area contributed by atoms with Gasteiger partial charge in [0.25, 0.3) is 11.8 Å². The van der Waals surface area contributed by atoms with Gasteiger partial charge in [-0.2, -0.15) is 0 Å². The van der Waals surface area contributed by atoms with Crippen LogP contribution in [0.4, 0.5) is 13.2 Å². The lowest BCUT2D eigenvalue weighted by molar-refractivity contribution is -0.0670. The van der Waals surface area contributed by atoms with Gasteiger partial charge >= 0.3 is 0 Å². The highest BCUT2D eigenvalue weighted by Gasteiger charge is 2.40. The summed E-state index contributed by atoms with van der Waals surface area (Å²) in [5.41, 5.74) is 1.13. The van der Waals surface area contributed by atoms with E-state index in [0.717, 1.165) is 12.8 Å². The number of alkyl halides is 2. The van der Waals surface area contributed by atoms with Crippen molar-refractivity contribution in [1.82, 2.24) is 14.8 Å². The summed E-state index contributed by atoms with van der Waals surface area (Å²) in [7, 11) is 2.07. The van der Waals surface area contributed by atoms with Gasteiger partial charge < -0.3 is 14.6 Å². The molecule has 2 bridgehead atoms. The number of carbonyl (C=O) groups excluding carboxylic acids is 1. The third-order valence-corrected chi connectivity index (χ3v) is 6.71. The van der Waals surface area contributed by atoms with E-state index in [1.165, 1.54) is 12.1 Å². The van der Waals surface area contributed by atoms with Gasteiger partial charge in [0.15, 0.2) is 0 Å². The largest absolute Gasteiger partial charge is 0.378 e. The van der Waals surface area contributed by atoms with E-state index in [-0.39, 0.29) is 42.6 Å². The number of hydrogen-bond donors (Lipinski definition) is 1. The van der Waals surface area contributed by atoms with Crippen molar-refractivity contribution in [2.75, 3.05) is 20.3 Å². The van der Waals surface area contributed by atoms with Crippen LogP contribution in [0.5, 0.6) is 0 Å². The van der Waals surface area contributed by atoms with E-state index in [9.17, 15) is 18.0 Å². The number of fused-ring (bicyclic) bond motifs is 5. The van der Waals surface area contributed by atoms with Gasteiger partial charge in [0.1, 0.15) is 5.82 Å². The van der Waals surface area contributed by atoms with E-state index >= 15 is 0 Å². The maximum Gasteiger partial charge on any atom is 0.255 e. The molecule has 8 heteroatoms. The van der Waals surface area contributed by atoms with Gasteiger partial charge in [0.2, 0.25) is 0 Å².